The third kappa shape index (κ3) is 9.08. The second kappa shape index (κ2) is 15.9. The first-order valence-corrected chi connectivity index (χ1v) is 15.5. The molecule has 0 unspecified atom stereocenters. The van der Waals surface area contributed by atoms with Crippen LogP contribution in [0.4, 0.5) is 4.39 Å². The van der Waals surface area contributed by atoms with Gasteiger partial charge in [0.15, 0.2) is 11.6 Å². The van der Waals surface area contributed by atoms with Crippen molar-refractivity contribution in [2.75, 3.05) is 7.11 Å². The Hall–Kier alpha value is -1.05. The van der Waals surface area contributed by atoms with Crippen LogP contribution in [-0.2, 0) is 6.42 Å². The maximum absolute atomic E-state index is 15.5. The molecule has 200 valence electrons. The van der Waals surface area contributed by atoms with E-state index in [9.17, 15) is 0 Å². The molecule has 2 saturated carbocycles. The minimum absolute atomic E-state index is 0.0729. The zero-order chi connectivity index (χ0) is 24.9. The SMILES string of the molecule is CCCCCCCC1CCC(c2ccc(CCC3CCC(CCCCC)CC3)c(F)c2OC)CC1. The first kappa shape index (κ1) is 28.5. The molecule has 1 aromatic carbocycles. The number of halogens is 1. The van der Waals surface area contributed by atoms with Gasteiger partial charge >= 0.3 is 0 Å². The Morgan fingerprint density at radius 2 is 1.20 bits per heavy atom. The highest BCUT2D eigenvalue weighted by Crippen LogP contribution is 2.43. The van der Waals surface area contributed by atoms with Crippen molar-refractivity contribution in [3.05, 3.63) is 29.1 Å². The number of methoxy groups -OCH3 is 1. The van der Waals surface area contributed by atoms with Gasteiger partial charge in [0.05, 0.1) is 7.11 Å². The maximum Gasteiger partial charge on any atom is 0.168 e. The van der Waals surface area contributed by atoms with E-state index < -0.39 is 0 Å². The molecule has 0 aliphatic heterocycles. The van der Waals surface area contributed by atoms with Gasteiger partial charge in [0.25, 0.3) is 0 Å². The summed E-state index contributed by atoms with van der Waals surface area (Å²) < 4.78 is 21.2. The van der Waals surface area contributed by atoms with Crippen molar-refractivity contribution >= 4 is 0 Å². The number of aryl methyl sites for hydroxylation is 1. The molecule has 0 saturated heterocycles. The van der Waals surface area contributed by atoms with E-state index in [1.807, 2.05) is 0 Å². The van der Waals surface area contributed by atoms with E-state index in [4.69, 9.17) is 4.74 Å². The summed E-state index contributed by atoms with van der Waals surface area (Å²) in [7, 11) is 1.66. The van der Waals surface area contributed by atoms with Crippen LogP contribution in [0.2, 0.25) is 0 Å². The largest absolute Gasteiger partial charge is 0.493 e. The molecular formula is C33H55FO. The van der Waals surface area contributed by atoms with E-state index in [0.29, 0.717) is 11.7 Å². The normalized spacial score (nSPS) is 25.0. The van der Waals surface area contributed by atoms with Crippen LogP contribution in [0.3, 0.4) is 0 Å². The van der Waals surface area contributed by atoms with E-state index in [0.717, 1.165) is 41.7 Å². The van der Waals surface area contributed by atoms with Gasteiger partial charge < -0.3 is 4.74 Å². The molecule has 35 heavy (non-hydrogen) atoms. The average molecular weight is 487 g/mol. The first-order valence-electron chi connectivity index (χ1n) is 15.5. The molecular weight excluding hydrogens is 431 g/mol. The lowest BCUT2D eigenvalue weighted by atomic mass is 9.76. The summed E-state index contributed by atoms with van der Waals surface area (Å²) in [5.41, 5.74) is 2.00. The summed E-state index contributed by atoms with van der Waals surface area (Å²) >= 11 is 0. The maximum atomic E-state index is 15.5. The molecule has 2 heteroatoms. The molecule has 0 heterocycles. The predicted molar refractivity (Wildman–Crippen MR) is 149 cm³/mol. The molecule has 2 aliphatic carbocycles. The summed E-state index contributed by atoms with van der Waals surface area (Å²) in [6.45, 7) is 4.57. The van der Waals surface area contributed by atoms with Gasteiger partial charge in [-0.05, 0) is 67.8 Å². The summed E-state index contributed by atoms with van der Waals surface area (Å²) in [5, 5.41) is 0. The smallest absolute Gasteiger partial charge is 0.168 e. The van der Waals surface area contributed by atoms with Gasteiger partial charge in [-0.15, -0.1) is 0 Å². The summed E-state index contributed by atoms with van der Waals surface area (Å²) in [5.74, 6) is 3.55. The average Bonchev–Trinajstić information content (AvgIpc) is 2.89. The molecule has 0 aromatic heterocycles. The molecule has 2 fully saturated rings. The number of hydrogen-bond donors (Lipinski definition) is 0. The molecule has 0 N–H and O–H groups in total. The van der Waals surface area contributed by atoms with Gasteiger partial charge in [0.1, 0.15) is 0 Å². The number of ether oxygens (including phenoxy) is 1. The fraction of sp³-hybridized carbons (Fsp3) is 0.818. The molecule has 1 nitrogen and oxygen atoms in total. The molecule has 2 aliphatic rings. The van der Waals surface area contributed by atoms with Crippen LogP contribution in [0.1, 0.15) is 153 Å². The van der Waals surface area contributed by atoms with Crippen molar-refractivity contribution in [1.29, 1.82) is 0 Å². The van der Waals surface area contributed by atoms with E-state index in [2.05, 4.69) is 26.0 Å². The molecule has 1 aromatic rings. The van der Waals surface area contributed by atoms with E-state index in [-0.39, 0.29) is 5.82 Å². The Morgan fingerprint density at radius 1 is 0.686 bits per heavy atom. The Kier molecular flexibility index (Phi) is 13.0. The number of hydrogen-bond acceptors (Lipinski definition) is 1. The van der Waals surface area contributed by atoms with E-state index in [1.54, 1.807) is 7.11 Å². The van der Waals surface area contributed by atoms with Gasteiger partial charge in [0, 0.05) is 5.56 Å². The second-order valence-corrected chi connectivity index (χ2v) is 12.0. The summed E-state index contributed by atoms with van der Waals surface area (Å²) in [6, 6.07) is 4.29. The Morgan fingerprint density at radius 3 is 1.80 bits per heavy atom. The Labute approximate surface area is 217 Å². The predicted octanol–water partition coefficient (Wildman–Crippen LogP) is 10.8. The topological polar surface area (TPSA) is 9.23 Å². The zero-order valence-electron chi connectivity index (χ0n) is 23.4. The van der Waals surface area contributed by atoms with Gasteiger partial charge in [-0.1, -0.05) is 116 Å². The van der Waals surface area contributed by atoms with Gasteiger partial charge in [-0.2, -0.15) is 0 Å². The van der Waals surface area contributed by atoms with Crippen molar-refractivity contribution in [1.82, 2.24) is 0 Å². The van der Waals surface area contributed by atoms with Crippen molar-refractivity contribution in [3.8, 4) is 5.75 Å². The number of rotatable bonds is 15. The molecule has 0 radical (unpaired) electrons. The monoisotopic (exact) mass is 486 g/mol. The number of unbranched alkanes of at least 4 members (excludes halogenated alkanes) is 6. The standard InChI is InChI=1S/C33H55FO/c1-4-6-8-9-11-13-27-18-21-29(22-19-27)31-25-24-30(32(34)33(31)35-3)23-20-28-16-14-26(15-17-28)12-10-7-5-2/h24-29H,4-23H2,1-3H3. The van der Waals surface area contributed by atoms with Gasteiger partial charge in [0.2, 0.25) is 0 Å². The van der Waals surface area contributed by atoms with Crippen molar-refractivity contribution in [3.63, 3.8) is 0 Å². The lowest BCUT2D eigenvalue weighted by Crippen LogP contribution is -2.16. The highest BCUT2D eigenvalue weighted by atomic mass is 19.1. The third-order valence-electron chi connectivity index (χ3n) is 9.42. The van der Waals surface area contributed by atoms with Crippen LogP contribution in [0.15, 0.2) is 12.1 Å². The van der Waals surface area contributed by atoms with Crippen LogP contribution in [0.25, 0.3) is 0 Å². The number of benzene rings is 1. The molecule has 0 bridgehead atoms. The fourth-order valence-electron chi connectivity index (χ4n) is 6.98. The highest BCUT2D eigenvalue weighted by molar-refractivity contribution is 5.42. The molecule has 0 amide bonds. The van der Waals surface area contributed by atoms with E-state index in [1.165, 1.54) is 116 Å². The minimum Gasteiger partial charge on any atom is -0.493 e. The molecule has 3 rings (SSSR count). The van der Waals surface area contributed by atoms with Crippen LogP contribution >= 0.6 is 0 Å². The Bertz CT molecular complexity index is 697. The zero-order valence-corrected chi connectivity index (χ0v) is 23.4. The Balaban J connectivity index is 1.45. The minimum atomic E-state index is -0.0729. The fourth-order valence-corrected chi connectivity index (χ4v) is 6.98. The van der Waals surface area contributed by atoms with Crippen LogP contribution in [-0.4, -0.2) is 7.11 Å². The first-order chi connectivity index (χ1) is 17.2. The van der Waals surface area contributed by atoms with E-state index >= 15 is 4.39 Å². The summed E-state index contributed by atoms with van der Waals surface area (Å²) in [4.78, 5) is 0. The second-order valence-electron chi connectivity index (χ2n) is 12.0. The van der Waals surface area contributed by atoms with Crippen LogP contribution in [0, 0.1) is 23.6 Å². The van der Waals surface area contributed by atoms with Crippen LogP contribution < -0.4 is 4.74 Å². The lowest BCUT2D eigenvalue weighted by Gasteiger charge is -2.30. The lowest BCUT2D eigenvalue weighted by molar-refractivity contribution is 0.248. The van der Waals surface area contributed by atoms with Crippen molar-refractivity contribution in [2.45, 2.75) is 148 Å². The van der Waals surface area contributed by atoms with Crippen LogP contribution in [0.5, 0.6) is 5.75 Å². The third-order valence-corrected chi connectivity index (χ3v) is 9.42. The molecule has 0 spiro atoms. The summed E-state index contributed by atoms with van der Waals surface area (Å²) in [6.07, 6.45) is 26.3. The van der Waals surface area contributed by atoms with Crippen molar-refractivity contribution in [2.24, 2.45) is 17.8 Å². The molecule has 0 atom stereocenters. The van der Waals surface area contributed by atoms with Gasteiger partial charge in [-0.25, -0.2) is 4.39 Å². The van der Waals surface area contributed by atoms with Crippen molar-refractivity contribution < 1.29 is 9.13 Å². The van der Waals surface area contributed by atoms with Gasteiger partial charge in [-0.3, -0.25) is 0 Å². The quantitative estimate of drug-likeness (QED) is 0.224. The highest BCUT2D eigenvalue weighted by Gasteiger charge is 2.27.